The van der Waals surface area contributed by atoms with E-state index in [0.29, 0.717) is 24.7 Å². The lowest BCUT2D eigenvalue weighted by molar-refractivity contribution is -0.211. The molecule has 0 aliphatic heterocycles. The Morgan fingerprint density at radius 2 is 1.72 bits per heavy atom. The first kappa shape index (κ1) is 24.1. The Bertz CT molecular complexity index is 885. The van der Waals surface area contributed by atoms with E-state index in [4.69, 9.17) is 8.92 Å². The molecule has 0 aromatic carbocycles. The Kier molecular flexibility index (Phi) is 6.07. The van der Waals surface area contributed by atoms with Crippen LogP contribution in [0, 0.1) is 34.5 Å². The van der Waals surface area contributed by atoms with Gasteiger partial charge in [0.05, 0.1) is 11.9 Å². The molecule has 32 heavy (non-hydrogen) atoms. The third-order valence-electron chi connectivity index (χ3n) is 9.94. The first-order chi connectivity index (χ1) is 14.8. The fourth-order valence-corrected chi connectivity index (χ4v) is 8.64. The number of ketones is 1. The number of fused-ring (bicyclic) bond motifs is 5. The normalized spacial score (nSPS) is 46.0. The number of ether oxygens (including phenoxy) is 1. The second-order valence-electron chi connectivity index (χ2n) is 11.4. The second kappa shape index (κ2) is 8.05. The van der Waals surface area contributed by atoms with E-state index in [1.54, 1.807) is 0 Å². The zero-order valence-electron chi connectivity index (χ0n) is 19.8. The van der Waals surface area contributed by atoms with Crippen molar-refractivity contribution in [3.8, 4) is 0 Å². The second-order valence-corrected chi connectivity index (χ2v) is 13.0. The van der Waals surface area contributed by atoms with Gasteiger partial charge >= 0.3 is 5.97 Å². The molecule has 2 unspecified atom stereocenters. The van der Waals surface area contributed by atoms with Crippen LogP contribution in [0.15, 0.2) is 0 Å². The van der Waals surface area contributed by atoms with E-state index in [-0.39, 0.29) is 35.1 Å². The lowest BCUT2D eigenvalue weighted by atomic mass is 9.43. The Balaban J connectivity index is 1.53. The van der Waals surface area contributed by atoms with Crippen LogP contribution in [-0.2, 0) is 28.6 Å². The summed E-state index contributed by atoms with van der Waals surface area (Å²) in [7, 11) is -3.68. The molecule has 4 saturated carbocycles. The van der Waals surface area contributed by atoms with E-state index >= 15 is 0 Å². The van der Waals surface area contributed by atoms with Gasteiger partial charge in [-0.3, -0.25) is 13.8 Å². The smallest absolute Gasteiger partial charge is 0.302 e. The molecule has 4 rings (SSSR count). The van der Waals surface area contributed by atoms with E-state index in [1.807, 2.05) is 6.92 Å². The Hall–Kier alpha value is -0.990. The van der Waals surface area contributed by atoms with Crippen LogP contribution in [0.25, 0.3) is 0 Å². The van der Waals surface area contributed by atoms with E-state index < -0.39 is 27.7 Å². The van der Waals surface area contributed by atoms with Crippen LogP contribution in [0.2, 0.25) is 0 Å². The summed E-state index contributed by atoms with van der Waals surface area (Å²) in [6.45, 7) is 5.43. The van der Waals surface area contributed by atoms with Crippen LogP contribution >= 0.6 is 0 Å². The highest BCUT2D eigenvalue weighted by Crippen LogP contribution is 2.69. The number of hydrogen-bond acceptors (Lipinski definition) is 7. The third kappa shape index (κ3) is 3.84. The fraction of sp³-hybridized carbons (Fsp3) is 0.917. The van der Waals surface area contributed by atoms with Gasteiger partial charge in [-0.1, -0.05) is 13.8 Å². The van der Waals surface area contributed by atoms with Crippen molar-refractivity contribution in [1.29, 1.82) is 0 Å². The molecular weight excluding hydrogens is 432 g/mol. The van der Waals surface area contributed by atoms with Crippen molar-refractivity contribution in [3.05, 3.63) is 0 Å². The number of hydrogen-bond donors (Lipinski definition) is 1. The Morgan fingerprint density at radius 1 is 1.00 bits per heavy atom. The highest BCUT2D eigenvalue weighted by Gasteiger charge is 2.68. The highest BCUT2D eigenvalue weighted by atomic mass is 32.2. The summed E-state index contributed by atoms with van der Waals surface area (Å²) < 4.78 is 33.1. The standard InChI is InChI=1S/C24H38O7S/c1-15(25)31-17-7-10-22(2)16(13-17)5-6-19-18(22)8-11-23(3)20(9-12-24(19,23)27)21(26)14-30-32(4,28)29/h16-20,27H,5-14H2,1-4H3/t16-,17+,18?,19?,20-,22+,23-,24+/m1/s1. The molecule has 0 heterocycles. The van der Waals surface area contributed by atoms with Gasteiger partial charge in [0, 0.05) is 18.3 Å². The maximum absolute atomic E-state index is 12.9. The highest BCUT2D eigenvalue weighted by molar-refractivity contribution is 7.86. The Morgan fingerprint density at radius 3 is 2.38 bits per heavy atom. The molecule has 0 saturated heterocycles. The molecule has 0 aromatic rings. The quantitative estimate of drug-likeness (QED) is 0.485. The van der Waals surface area contributed by atoms with E-state index in [0.717, 1.165) is 51.2 Å². The van der Waals surface area contributed by atoms with Crippen molar-refractivity contribution < 1.29 is 32.0 Å². The molecule has 8 atom stereocenters. The molecule has 0 bridgehead atoms. The molecule has 7 nitrogen and oxygen atoms in total. The molecule has 4 aliphatic rings. The maximum atomic E-state index is 12.9. The molecule has 0 aromatic heterocycles. The molecule has 4 aliphatic carbocycles. The molecule has 182 valence electrons. The molecular formula is C24H38O7S. The summed E-state index contributed by atoms with van der Waals surface area (Å²) in [6, 6.07) is 0. The minimum Gasteiger partial charge on any atom is -0.463 e. The number of esters is 1. The molecule has 4 fully saturated rings. The van der Waals surface area contributed by atoms with Crippen molar-refractivity contribution in [2.75, 3.05) is 12.9 Å². The van der Waals surface area contributed by atoms with Crippen LogP contribution in [0.5, 0.6) is 0 Å². The summed E-state index contributed by atoms with van der Waals surface area (Å²) in [5.41, 5.74) is -1.36. The summed E-state index contributed by atoms with van der Waals surface area (Å²) >= 11 is 0. The average molecular weight is 471 g/mol. The van der Waals surface area contributed by atoms with Gasteiger partial charge in [0.25, 0.3) is 10.1 Å². The van der Waals surface area contributed by atoms with Crippen LogP contribution in [0.4, 0.5) is 0 Å². The van der Waals surface area contributed by atoms with Gasteiger partial charge in [-0.15, -0.1) is 0 Å². The van der Waals surface area contributed by atoms with Crippen LogP contribution in [0.1, 0.15) is 78.6 Å². The van der Waals surface area contributed by atoms with Gasteiger partial charge in [0.2, 0.25) is 0 Å². The topological polar surface area (TPSA) is 107 Å². The molecule has 1 N–H and O–H groups in total. The number of carbonyl (C=O) groups is 2. The van der Waals surface area contributed by atoms with Crippen molar-refractivity contribution >= 4 is 21.9 Å². The van der Waals surface area contributed by atoms with Gasteiger partial charge < -0.3 is 9.84 Å². The summed E-state index contributed by atoms with van der Waals surface area (Å²) in [5, 5.41) is 12.1. The molecule has 8 heteroatoms. The minimum absolute atomic E-state index is 0.00222. The van der Waals surface area contributed by atoms with Gasteiger partial charge in [-0.25, -0.2) is 0 Å². The summed E-state index contributed by atoms with van der Waals surface area (Å²) in [5.74, 6) is 0.211. The minimum atomic E-state index is -3.68. The zero-order chi connectivity index (χ0) is 23.5. The van der Waals surface area contributed by atoms with Crippen LogP contribution in [0.3, 0.4) is 0 Å². The SMILES string of the molecule is CC(=O)O[C@H]1CC[C@]2(C)C3CC[C@]4(C)[C@@H](C(=O)COS(C)(=O)=O)CC[C@]4(O)C3CC[C@@H]2C1. The van der Waals surface area contributed by atoms with Crippen molar-refractivity contribution in [2.24, 2.45) is 34.5 Å². The van der Waals surface area contributed by atoms with E-state index in [1.165, 1.54) is 6.92 Å². The predicted octanol–water partition coefficient (Wildman–Crippen LogP) is 3.24. The Labute approximate surface area is 191 Å². The molecule has 0 radical (unpaired) electrons. The fourth-order valence-electron chi connectivity index (χ4n) is 8.31. The van der Waals surface area contributed by atoms with E-state index in [2.05, 4.69) is 6.92 Å². The van der Waals surface area contributed by atoms with Crippen LogP contribution < -0.4 is 0 Å². The summed E-state index contributed by atoms with van der Waals surface area (Å²) in [4.78, 5) is 24.4. The van der Waals surface area contributed by atoms with Crippen molar-refractivity contribution in [1.82, 2.24) is 0 Å². The first-order valence-electron chi connectivity index (χ1n) is 12.1. The largest absolute Gasteiger partial charge is 0.463 e. The van der Waals surface area contributed by atoms with E-state index in [9.17, 15) is 23.1 Å². The van der Waals surface area contributed by atoms with Gasteiger partial charge in [-0.2, -0.15) is 8.42 Å². The number of rotatable bonds is 5. The van der Waals surface area contributed by atoms with Crippen LogP contribution in [-0.4, -0.2) is 49.8 Å². The number of carbonyl (C=O) groups excluding carboxylic acids is 2. The van der Waals surface area contributed by atoms with Crippen molar-refractivity contribution in [2.45, 2.75) is 90.3 Å². The lowest BCUT2D eigenvalue weighted by Crippen LogP contribution is -2.62. The van der Waals surface area contributed by atoms with Gasteiger partial charge in [0.1, 0.15) is 12.7 Å². The van der Waals surface area contributed by atoms with Crippen molar-refractivity contribution in [3.63, 3.8) is 0 Å². The maximum Gasteiger partial charge on any atom is 0.302 e. The monoisotopic (exact) mass is 470 g/mol. The summed E-state index contributed by atoms with van der Waals surface area (Å²) in [6.07, 6.45) is 8.53. The lowest BCUT2D eigenvalue weighted by Gasteiger charge is -2.63. The van der Waals surface area contributed by atoms with Gasteiger partial charge in [-0.05, 0) is 81.0 Å². The first-order valence-corrected chi connectivity index (χ1v) is 13.9. The molecule has 0 spiro atoms. The number of Topliss-reactive ketones (excluding diaryl/α,β-unsaturated/α-hetero) is 1. The average Bonchev–Trinajstić information content (AvgIpc) is 2.97. The molecule has 0 amide bonds. The zero-order valence-corrected chi connectivity index (χ0v) is 20.6. The third-order valence-corrected chi connectivity index (χ3v) is 10.5. The number of aliphatic hydroxyl groups is 1. The van der Waals surface area contributed by atoms with Gasteiger partial charge in [0.15, 0.2) is 5.78 Å². The predicted molar refractivity (Wildman–Crippen MR) is 118 cm³/mol.